The van der Waals surface area contributed by atoms with E-state index in [0.29, 0.717) is 0 Å². The van der Waals surface area contributed by atoms with Gasteiger partial charge in [-0.25, -0.2) is 4.79 Å². The van der Waals surface area contributed by atoms with Gasteiger partial charge in [0, 0.05) is 66.5 Å². The highest BCUT2D eigenvalue weighted by atomic mass is 16.4. The number of rotatable bonds is 5. The summed E-state index contributed by atoms with van der Waals surface area (Å²) in [5.74, 6) is -0.957. The Labute approximate surface area is 293 Å². The van der Waals surface area contributed by atoms with Crippen molar-refractivity contribution >= 4 is 28.3 Å². The zero-order valence-electron chi connectivity index (χ0n) is 27.4. The Morgan fingerprint density at radius 2 is 0.627 bits per heavy atom. The van der Waals surface area contributed by atoms with Crippen molar-refractivity contribution in [1.29, 1.82) is 0 Å². The number of carbonyl (C=O) groups is 1. The van der Waals surface area contributed by atoms with Crippen LogP contribution in [0.3, 0.4) is 0 Å². The normalized spacial score (nSPS) is 12.7. The first-order valence-electron chi connectivity index (χ1n) is 16.9. The first kappa shape index (κ1) is 30.0. The molecule has 4 aromatic carbocycles. The molecule has 8 aromatic rings. The van der Waals surface area contributed by atoms with Crippen LogP contribution in [0.1, 0.15) is 55.4 Å². The maximum absolute atomic E-state index is 11.8. The van der Waals surface area contributed by atoms with E-state index in [1.807, 2.05) is 30.3 Å². The van der Waals surface area contributed by atoms with Gasteiger partial charge >= 0.3 is 5.97 Å². The second kappa shape index (κ2) is 12.4. The molecule has 6 nitrogen and oxygen atoms in total. The summed E-state index contributed by atoms with van der Waals surface area (Å²) in [4.78, 5) is 26.9. The van der Waals surface area contributed by atoms with Crippen LogP contribution in [0.4, 0.5) is 0 Å². The maximum Gasteiger partial charge on any atom is 0.335 e. The second-order valence-corrected chi connectivity index (χ2v) is 12.6. The average molecular weight is 661 g/mol. The van der Waals surface area contributed by atoms with E-state index in [9.17, 15) is 9.90 Å². The first-order chi connectivity index (χ1) is 25.1. The number of aromatic amines is 4. The van der Waals surface area contributed by atoms with Crippen molar-refractivity contribution in [2.75, 3.05) is 0 Å². The number of carboxylic acid groups (broad SMARTS) is 1. The molecule has 5 heterocycles. The van der Waals surface area contributed by atoms with Gasteiger partial charge in [0.2, 0.25) is 0 Å². The van der Waals surface area contributed by atoms with E-state index in [0.717, 1.165) is 88.7 Å². The van der Waals surface area contributed by atoms with Gasteiger partial charge in [-0.05, 0) is 82.9 Å². The Morgan fingerprint density at radius 3 is 0.922 bits per heavy atom. The van der Waals surface area contributed by atoms with Gasteiger partial charge < -0.3 is 25.0 Å². The molecule has 0 unspecified atom stereocenters. The molecule has 0 saturated carbocycles. The molecule has 0 fully saturated rings. The Hall–Kier alpha value is -7.05. The number of fused-ring (bicyclic) bond motifs is 8. The Balaban J connectivity index is 1.42. The van der Waals surface area contributed by atoms with Crippen LogP contribution >= 0.6 is 0 Å². The van der Waals surface area contributed by atoms with Gasteiger partial charge in [-0.2, -0.15) is 0 Å². The number of carboxylic acids is 1. The summed E-state index contributed by atoms with van der Waals surface area (Å²) in [6.07, 6.45) is 0. The van der Waals surface area contributed by atoms with Crippen LogP contribution in [0, 0.1) is 0 Å². The third-order valence-corrected chi connectivity index (χ3v) is 9.51. The predicted octanol–water partition coefficient (Wildman–Crippen LogP) is 6.00. The van der Waals surface area contributed by atoms with Crippen LogP contribution in [0.5, 0.6) is 0 Å². The van der Waals surface area contributed by atoms with E-state index < -0.39 is 5.97 Å². The standard InChI is InChI=1S/C45H32N4O2/c50-45(51)32-18-16-31(17-19-32)44-39-26-24-37(48-39)42(29-12-6-2-7-13-29)35-22-20-33(46-35)41(28-10-4-1-5-11-28)34-21-23-36(47-34)43(30-14-8-3-9-15-30)38-25-27-40(44)49-38/h1-27,46-49H,(H,50,51). The smallest absolute Gasteiger partial charge is 0.335 e. The number of aromatic nitrogens is 4. The summed E-state index contributed by atoms with van der Waals surface area (Å²) < 4.78 is 0. The van der Waals surface area contributed by atoms with E-state index in [-0.39, 0.29) is 5.56 Å². The third kappa shape index (κ3) is 5.45. The highest BCUT2D eigenvalue weighted by molar-refractivity contribution is 5.89. The van der Waals surface area contributed by atoms with E-state index in [4.69, 9.17) is 0 Å². The van der Waals surface area contributed by atoms with E-state index in [2.05, 4.69) is 141 Å². The summed E-state index contributed by atoms with van der Waals surface area (Å²) in [6.45, 7) is 0. The number of aromatic carboxylic acids is 1. The van der Waals surface area contributed by atoms with Crippen molar-refractivity contribution in [3.8, 4) is 0 Å². The molecule has 8 bridgehead atoms. The molecule has 1 aliphatic rings. The highest BCUT2D eigenvalue weighted by Crippen LogP contribution is 2.28. The molecule has 6 heteroatoms. The average Bonchev–Trinajstić information content (AvgIpc) is 4.01. The minimum Gasteiger partial charge on any atom is -0.478 e. The van der Waals surface area contributed by atoms with Crippen molar-refractivity contribution in [2.45, 2.75) is 0 Å². The fourth-order valence-corrected chi connectivity index (χ4v) is 7.17. The van der Waals surface area contributed by atoms with Gasteiger partial charge in [-0.3, -0.25) is 0 Å². The maximum atomic E-state index is 11.8. The van der Waals surface area contributed by atoms with Gasteiger partial charge in [-0.1, -0.05) is 103 Å². The molecule has 1 aliphatic heterocycles. The lowest BCUT2D eigenvalue weighted by Crippen LogP contribution is -2.19. The van der Waals surface area contributed by atoms with E-state index in [1.54, 1.807) is 12.1 Å². The van der Waals surface area contributed by atoms with Gasteiger partial charge in [0.25, 0.3) is 0 Å². The summed E-state index contributed by atoms with van der Waals surface area (Å²) in [7, 11) is 0. The van der Waals surface area contributed by atoms with Crippen LogP contribution in [0.2, 0.25) is 0 Å². The zero-order valence-corrected chi connectivity index (χ0v) is 27.4. The third-order valence-electron chi connectivity index (χ3n) is 9.51. The monoisotopic (exact) mass is 660 g/mol. The second-order valence-electron chi connectivity index (χ2n) is 12.6. The quantitative estimate of drug-likeness (QED) is 0.157. The summed E-state index contributed by atoms with van der Waals surface area (Å²) in [5, 5.41) is 13.5. The lowest BCUT2D eigenvalue weighted by molar-refractivity contribution is 0.0697. The van der Waals surface area contributed by atoms with Crippen LogP contribution in [-0.2, 0) is 0 Å². The van der Waals surface area contributed by atoms with Gasteiger partial charge in [0.15, 0.2) is 0 Å². The number of hydrogen-bond donors (Lipinski definition) is 5. The first-order valence-corrected chi connectivity index (χ1v) is 16.9. The fourth-order valence-electron chi connectivity index (χ4n) is 7.17. The molecule has 0 amide bonds. The lowest BCUT2D eigenvalue weighted by atomic mass is 10.0. The van der Waals surface area contributed by atoms with Crippen molar-refractivity contribution in [3.05, 3.63) is 236 Å². The molecule has 244 valence electrons. The van der Waals surface area contributed by atoms with Crippen LogP contribution in [0.15, 0.2) is 164 Å². The Kier molecular flexibility index (Phi) is 7.33. The van der Waals surface area contributed by atoms with E-state index >= 15 is 0 Å². The molecule has 4 aromatic heterocycles. The number of nitrogens with one attached hydrogen (secondary N) is 4. The van der Waals surface area contributed by atoms with Gasteiger partial charge in [0.1, 0.15) is 0 Å². The molecule has 9 rings (SSSR count). The van der Waals surface area contributed by atoms with Crippen molar-refractivity contribution in [1.82, 2.24) is 19.9 Å². The van der Waals surface area contributed by atoms with Crippen LogP contribution in [-0.4, -0.2) is 31.0 Å². The molecule has 0 spiro atoms. The number of hydrogen-bond acceptors (Lipinski definition) is 1. The minimum atomic E-state index is -0.957. The van der Waals surface area contributed by atoms with Gasteiger partial charge in [-0.15, -0.1) is 0 Å². The molecular formula is C45H32N4O2. The zero-order chi connectivity index (χ0) is 34.3. The molecule has 0 radical (unpaired) electrons. The minimum absolute atomic E-state index is 0.239. The molecule has 5 N–H and O–H groups in total. The Bertz CT molecular complexity index is 2800. The molecule has 0 atom stereocenters. The summed E-state index contributed by atoms with van der Waals surface area (Å²) >= 11 is 0. The SMILES string of the molecule is O=C(O)c1ccc(C2=c3ccc([nH]3)=C(c3ccccc3)c3ccc([nH]3)C(c3ccccc3)=c3ccc([nH]3)=C(c3ccccc3)c3ccc2[nH]3)cc1. The van der Waals surface area contributed by atoms with Crippen LogP contribution < -0.4 is 21.4 Å². The van der Waals surface area contributed by atoms with Crippen LogP contribution in [0.25, 0.3) is 22.3 Å². The lowest BCUT2D eigenvalue weighted by Gasteiger charge is -2.10. The van der Waals surface area contributed by atoms with E-state index in [1.165, 1.54) is 0 Å². The molecule has 0 saturated heterocycles. The predicted molar refractivity (Wildman–Crippen MR) is 201 cm³/mol. The number of benzene rings is 4. The Morgan fingerprint density at radius 1 is 0.333 bits per heavy atom. The molecule has 51 heavy (non-hydrogen) atoms. The fraction of sp³-hybridized carbons (Fsp3) is 0. The molecular weight excluding hydrogens is 629 g/mol. The van der Waals surface area contributed by atoms with Gasteiger partial charge in [0.05, 0.1) is 5.56 Å². The van der Waals surface area contributed by atoms with Crippen molar-refractivity contribution < 1.29 is 9.90 Å². The molecule has 0 aliphatic carbocycles. The number of H-pyrrole nitrogens is 4. The van der Waals surface area contributed by atoms with Crippen molar-refractivity contribution in [2.24, 2.45) is 0 Å². The van der Waals surface area contributed by atoms with Crippen molar-refractivity contribution in [3.63, 3.8) is 0 Å². The summed E-state index contributed by atoms with van der Waals surface area (Å²) in [5.41, 5.74) is 12.2. The largest absolute Gasteiger partial charge is 0.478 e. The topological polar surface area (TPSA) is 100 Å². The highest BCUT2D eigenvalue weighted by Gasteiger charge is 2.18. The summed E-state index contributed by atoms with van der Waals surface area (Å²) in [6, 6.07) is 55.4.